The Morgan fingerprint density at radius 2 is 1.86 bits per heavy atom. The zero-order chi connectivity index (χ0) is 26.7. The van der Waals surface area contributed by atoms with Crippen LogP contribution in [0.4, 0.5) is 23.4 Å². The molecular weight excluding hydrogens is 490 g/mol. The second-order valence-electron chi connectivity index (χ2n) is 10.5. The average Bonchev–Trinajstić information content (AvgIpc) is 3.63. The summed E-state index contributed by atoms with van der Waals surface area (Å²) in [4.78, 5) is 27.8. The molecule has 198 valence electrons. The van der Waals surface area contributed by atoms with Gasteiger partial charge in [-0.1, -0.05) is 12.1 Å². The molecule has 37 heavy (non-hydrogen) atoms. The lowest BCUT2D eigenvalue weighted by Crippen LogP contribution is -2.57. The van der Waals surface area contributed by atoms with Crippen LogP contribution in [0.2, 0.25) is 0 Å². The number of benzene rings is 1. The van der Waals surface area contributed by atoms with E-state index < -0.39 is 29.0 Å². The van der Waals surface area contributed by atoms with Crippen LogP contribution in [-0.2, 0) is 12.7 Å². The number of anilines is 1. The van der Waals surface area contributed by atoms with Gasteiger partial charge in [-0.3, -0.25) is 14.5 Å². The molecule has 1 unspecified atom stereocenters. The number of pyridine rings is 1. The second-order valence-corrected chi connectivity index (χ2v) is 10.5. The normalized spacial score (nSPS) is 18.6. The van der Waals surface area contributed by atoms with Crippen molar-refractivity contribution >= 4 is 16.6 Å². The van der Waals surface area contributed by atoms with Crippen molar-refractivity contribution in [2.24, 2.45) is 0 Å². The van der Waals surface area contributed by atoms with Crippen LogP contribution in [0.3, 0.4) is 0 Å². The molecular formula is C26H29F4N5O2. The highest BCUT2D eigenvalue weighted by molar-refractivity contribution is 5.90. The molecule has 0 radical (unpaired) electrons. The predicted molar refractivity (Wildman–Crippen MR) is 133 cm³/mol. The summed E-state index contributed by atoms with van der Waals surface area (Å²) in [6.07, 6.45) is -1.14. The van der Waals surface area contributed by atoms with Crippen LogP contribution in [0, 0.1) is 6.92 Å². The maximum Gasteiger partial charge on any atom is 0.416 e. The number of likely N-dealkylation sites (tertiary alicyclic amines) is 1. The summed E-state index contributed by atoms with van der Waals surface area (Å²) < 4.78 is 57.2. The van der Waals surface area contributed by atoms with E-state index in [9.17, 15) is 27.2 Å². The smallest absolute Gasteiger partial charge is 0.362 e. The van der Waals surface area contributed by atoms with Crippen molar-refractivity contribution in [3.05, 3.63) is 67.9 Å². The molecule has 5 rings (SSSR count). The van der Waals surface area contributed by atoms with E-state index >= 15 is 0 Å². The number of alkyl halides is 4. The largest absolute Gasteiger partial charge is 0.416 e. The number of nitrogens with one attached hydrogen (secondary N) is 1. The second kappa shape index (κ2) is 8.97. The third-order valence-electron chi connectivity index (χ3n) is 7.20. The van der Waals surface area contributed by atoms with Gasteiger partial charge in [-0.2, -0.15) is 18.3 Å². The third kappa shape index (κ3) is 5.01. The van der Waals surface area contributed by atoms with Gasteiger partial charge in [0.15, 0.2) is 5.82 Å². The van der Waals surface area contributed by atoms with Gasteiger partial charge in [-0.15, -0.1) is 0 Å². The van der Waals surface area contributed by atoms with Crippen molar-refractivity contribution in [1.82, 2.24) is 19.2 Å². The first-order valence-electron chi connectivity index (χ1n) is 12.4. The van der Waals surface area contributed by atoms with Gasteiger partial charge in [0.2, 0.25) is 0 Å². The molecule has 3 aromatic rings. The number of nitrogens with zero attached hydrogens (tertiary/aromatic N) is 4. The molecule has 1 aromatic carbocycles. The van der Waals surface area contributed by atoms with E-state index in [4.69, 9.17) is 0 Å². The van der Waals surface area contributed by atoms with Crippen LogP contribution in [0.25, 0.3) is 10.8 Å². The number of fused-ring (bicyclic) bond motifs is 1. The molecule has 1 aliphatic heterocycles. The Hall–Kier alpha value is -3.21. The minimum Gasteiger partial charge on any atom is -0.362 e. The first-order chi connectivity index (χ1) is 17.3. The van der Waals surface area contributed by atoms with Crippen molar-refractivity contribution < 1.29 is 17.6 Å². The van der Waals surface area contributed by atoms with Gasteiger partial charge >= 0.3 is 6.18 Å². The van der Waals surface area contributed by atoms with Gasteiger partial charge in [0.05, 0.1) is 23.5 Å². The topological polar surface area (TPSA) is 72.2 Å². The number of hydrogen-bond donors (Lipinski definition) is 1. The Labute approximate surface area is 210 Å². The summed E-state index contributed by atoms with van der Waals surface area (Å²) in [5.41, 5.74) is -2.13. The van der Waals surface area contributed by atoms with E-state index in [1.165, 1.54) is 30.7 Å². The Balaban J connectivity index is 1.54. The fraction of sp³-hybridized carbons (Fsp3) is 0.500. The number of halogens is 4. The fourth-order valence-corrected chi connectivity index (χ4v) is 5.16. The first kappa shape index (κ1) is 25.4. The van der Waals surface area contributed by atoms with E-state index in [1.54, 1.807) is 23.8 Å². The molecule has 1 atom stereocenters. The van der Waals surface area contributed by atoms with Gasteiger partial charge in [-0.25, -0.2) is 9.07 Å². The molecule has 2 aromatic heterocycles. The molecule has 1 saturated heterocycles. The maximum atomic E-state index is 13.9. The van der Waals surface area contributed by atoms with Crippen molar-refractivity contribution in [3.63, 3.8) is 0 Å². The highest BCUT2D eigenvalue weighted by Gasteiger charge is 2.38. The van der Waals surface area contributed by atoms with E-state index in [2.05, 4.69) is 10.4 Å². The highest BCUT2D eigenvalue weighted by atomic mass is 19.4. The molecule has 11 heteroatoms. The zero-order valence-electron chi connectivity index (χ0n) is 20.9. The van der Waals surface area contributed by atoms with Crippen LogP contribution in [0.5, 0.6) is 0 Å². The van der Waals surface area contributed by atoms with Gasteiger partial charge in [0.25, 0.3) is 11.1 Å². The maximum absolute atomic E-state index is 13.9. The van der Waals surface area contributed by atoms with Gasteiger partial charge in [0.1, 0.15) is 5.67 Å². The lowest BCUT2D eigenvalue weighted by molar-refractivity contribution is -0.138. The summed E-state index contributed by atoms with van der Waals surface area (Å²) in [6, 6.07) is 4.84. The lowest BCUT2D eigenvalue weighted by Gasteiger charge is -2.42. The number of rotatable bonds is 7. The Morgan fingerprint density at radius 1 is 1.16 bits per heavy atom. The molecule has 7 nitrogen and oxygen atoms in total. The Bertz CT molecular complexity index is 1460. The van der Waals surface area contributed by atoms with E-state index in [1.807, 2.05) is 4.90 Å². The van der Waals surface area contributed by atoms with Crippen molar-refractivity contribution in [2.45, 2.75) is 64.1 Å². The standard InChI is InChI=1S/C26H29F4N5O2/c1-15-18(5-4-6-21(15)26(28,29)30)16(2)31-23-20-12-34(17-7-8-17)22(36)11-19(20)24(37)35(32-23)10-9-33-13-25(3,27)14-33/h4-6,11-12,16-17H,7-10,13-14H2,1-3H3,(H,31,32). The Kier molecular flexibility index (Phi) is 6.17. The van der Waals surface area contributed by atoms with Crippen molar-refractivity contribution in [1.29, 1.82) is 0 Å². The van der Waals surface area contributed by atoms with E-state index in [0.717, 1.165) is 18.9 Å². The zero-order valence-corrected chi connectivity index (χ0v) is 20.9. The Morgan fingerprint density at radius 3 is 2.49 bits per heavy atom. The third-order valence-corrected chi connectivity index (χ3v) is 7.20. The molecule has 1 N–H and O–H groups in total. The summed E-state index contributed by atoms with van der Waals surface area (Å²) in [7, 11) is 0. The fourth-order valence-electron chi connectivity index (χ4n) is 5.16. The van der Waals surface area contributed by atoms with Crippen molar-refractivity contribution in [3.8, 4) is 0 Å². The number of aromatic nitrogens is 3. The van der Waals surface area contributed by atoms with Crippen LogP contribution < -0.4 is 16.4 Å². The molecule has 0 spiro atoms. The van der Waals surface area contributed by atoms with Crippen molar-refractivity contribution in [2.75, 3.05) is 25.0 Å². The quantitative estimate of drug-likeness (QED) is 0.468. The molecule has 0 amide bonds. The highest BCUT2D eigenvalue weighted by Crippen LogP contribution is 2.36. The molecule has 0 bridgehead atoms. The van der Waals surface area contributed by atoms with E-state index in [-0.39, 0.29) is 42.2 Å². The van der Waals surface area contributed by atoms with Gasteiger partial charge in [0, 0.05) is 43.3 Å². The minimum atomic E-state index is -4.48. The van der Waals surface area contributed by atoms with Gasteiger partial charge < -0.3 is 9.88 Å². The average molecular weight is 520 g/mol. The molecule has 1 aliphatic carbocycles. The predicted octanol–water partition coefficient (Wildman–Crippen LogP) is 4.44. The van der Waals surface area contributed by atoms with Crippen LogP contribution in [0.15, 0.2) is 40.1 Å². The van der Waals surface area contributed by atoms with Gasteiger partial charge in [-0.05, 0) is 50.8 Å². The molecule has 2 fully saturated rings. The molecule has 1 saturated carbocycles. The summed E-state index contributed by atoms with van der Waals surface area (Å²) in [6.45, 7) is 5.79. The summed E-state index contributed by atoms with van der Waals surface area (Å²) in [5, 5.41) is 8.34. The minimum absolute atomic E-state index is 0.0664. The summed E-state index contributed by atoms with van der Waals surface area (Å²) >= 11 is 0. The van der Waals surface area contributed by atoms with Crippen LogP contribution >= 0.6 is 0 Å². The molecule has 2 aliphatic rings. The monoisotopic (exact) mass is 519 g/mol. The molecule has 3 heterocycles. The first-order valence-corrected chi connectivity index (χ1v) is 12.4. The summed E-state index contributed by atoms with van der Waals surface area (Å²) in [5.74, 6) is 0.298. The van der Waals surface area contributed by atoms with Crippen LogP contribution in [-0.4, -0.2) is 44.6 Å². The number of hydrogen-bond acceptors (Lipinski definition) is 5. The SMILES string of the molecule is Cc1c(C(C)Nc2nn(CCN3CC(C)(F)C3)c(=O)c3cc(=O)n(C4CC4)cc23)cccc1C(F)(F)F. The van der Waals surface area contributed by atoms with E-state index in [0.29, 0.717) is 23.3 Å². The van der Waals surface area contributed by atoms with Crippen LogP contribution in [0.1, 0.15) is 55.5 Å². The lowest BCUT2D eigenvalue weighted by atomic mass is 9.97.